The minimum Gasteiger partial charge on any atom is -0.465 e. The van der Waals surface area contributed by atoms with Gasteiger partial charge in [0, 0.05) is 13.2 Å². The minimum atomic E-state index is -3.59. The fourth-order valence-electron chi connectivity index (χ4n) is 1.60. The Morgan fingerprint density at radius 1 is 1.32 bits per heavy atom. The molecule has 2 aromatic heterocycles. The van der Waals surface area contributed by atoms with Gasteiger partial charge in [-0.1, -0.05) is 0 Å². The molecular formula is C12H15N3O3S. The molecule has 0 aliphatic rings. The molecule has 0 aliphatic carbocycles. The number of anilines is 1. The molecule has 0 radical (unpaired) electrons. The molecule has 0 saturated carbocycles. The smallest absolute Gasteiger partial charge is 0.244 e. The zero-order valence-electron chi connectivity index (χ0n) is 10.7. The second kappa shape index (κ2) is 5.02. The zero-order valence-corrected chi connectivity index (χ0v) is 11.5. The summed E-state index contributed by atoms with van der Waals surface area (Å²) in [5.41, 5.74) is 5.44. The molecule has 0 fully saturated rings. The zero-order chi connectivity index (χ0) is 14.0. The fraction of sp³-hybridized carbons (Fsp3) is 0.250. The lowest BCUT2D eigenvalue weighted by Gasteiger charge is -2.15. The van der Waals surface area contributed by atoms with Crippen LogP contribution in [0.2, 0.25) is 0 Å². The number of aromatic nitrogens is 1. The van der Waals surface area contributed by atoms with Crippen LogP contribution in [0.4, 0.5) is 5.82 Å². The van der Waals surface area contributed by atoms with Crippen LogP contribution in [0.25, 0.3) is 0 Å². The number of furan rings is 1. The predicted octanol–water partition coefficient (Wildman–Crippen LogP) is 1.39. The molecule has 2 heterocycles. The normalized spacial score (nSPS) is 11.9. The number of hydrogen-bond donors (Lipinski definition) is 1. The molecule has 0 aliphatic heterocycles. The maximum atomic E-state index is 12.3. The number of nitrogens with two attached hydrogens (primary N) is 1. The van der Waals surface area contributed by atoms with Gasteiger partial charge >= 0.3 is 0 Å². The first-order valence-electron chi connectivity index (χ1n) is 5.63. The van der Waals surface area contributed by atoms with Gasteiger partial charge in [-0.15, -0.1) is 0 Å². The summed E-state index contributed by atoms with van der Waals surface area (Å²) >= 11 is 0. The van der Waals surface area contributed by atoms with E-state index >= 15 is 0 Å². The molecule has 102 valence electrons. The van der Waals surface area contributed by atoms with Crippen LogP contribution < -0.4 is 5.73 Å². The lowest BCUT2D eigenvalue weighted by Crippen LogP contribution is -2.26. The van der Waals surface area contributed by atoms with Crippen LogP contribution in [-0.2, 0) is 16.6 Å². The summed E-state index contributed by atoms with van der Waals surface area (Å²) in [6.45, 7) is 1.97. The average molecular weight is 281 g/mol. The predicted molar refractivity (Wildman–Crippen MR) is 70.7 cm³/mol. The third-order valence-corrected chi connectivity index (χ3v) is 4.43. The number of nitrogen functional groups attached to an aromatic ring is 1. The Bertz CT molecular complexity index is 662. The Kier molecular flexibility index (Phi) is 3.59. The number of aryl methyl sites for hydroxylation is 1. The summed E-state index contributed by atoms with van der Waals surface area (Å²) in [7, 11) is -2.10. The van der Waals surface area contributed by atoms with Crippen molar-refractivity contribution in [3.05, 3.63) is 42.0 Å². The standard InChI is InChI=1S/C12H15N3O3S/c1-9-3-4-10(18-9)8-15(2)19(16,17)11-5-6-12(13)14-7-11/h3-7H,8H2,1-2H3,(H2,13,14). The molecule has 2 rings (SSSR count). The number of nitrogens with zero attached hydrogens (tertiary/aromatic N) is 2. The first-order valence-corrected chi connectivity index (χ1v) is 7.07. The van der Waals surface area contributed by atoms with Crippen molar-refractivity contribution in [3.8, 4) is 0 Å². The van der Waals surface area contributed by atoms with Gasteiger partial charge < -0.3 is 10.2 Å². The fourth-order valence-corrected chi connectivity index (χ4v) is 2.68. The highest BCUT2D eigenvalue weighted by atomic mass is 32.2. The average Bonchev–Trinajstić information content (AvgIpc) is 2.75. The van der Waals surface area contributed by atoms with E-state index in [-0.39, 0.29) is 17.3 Å². The van der Waals surface area contributed by atoms with E-state index < -0.39 is 10.0 Å². The van der Waals surface area contributed by atoms with Gasteiger partial charge in [-0.2, -0.15) is 4.31 Å². The molecule has 0 saturated heterocycles. The second-order valence-corrected chi connectivity index (χ2v) is 6.24. The van der Waals surface area contributed by atoms with Gasteiger partial charge in [0.15, 0.2) is 0 Å². The molecule has 6 nitrogen and oxygen atoms in total. The number of sulfonamides is 1. The van der Waals surface area contributed by atoms with Crippen molar-refractivity contribution in [2.24, 2.45) is 0 Å². The summed E-state index contributed by atoms with van der Waals surface area (Å²) in [5.74, 6) is 1.62. The SMILES string of the molecule is Cc1ccc(CN(C)S(=O)(=O)c2ccc(N)nc2)o1. The van der Waals surface area contributed by atoms with Crippen LogP contribution >= 0.6 is 0 Å². The van der Waals surface area contributed by atoms with E-state index in [1.54, 1.807) is 12.1 Å². The molecule has 0 aromatic carbocycles. The molecule has 19 heavy (non-hydrogen) atoms. The van der Waals surface area contributed by atoms with Crippen LogP contribution in [0.15, 0.2) is 39.8 Å². The van der Waals surface area contributed by atoms with E-state index in [9.17, 15) is 8.42 Å². The third-order valence-electron chi connectivity index (χ3n) is 2.64. The van der Waals surface area contributed by atoms with E-state index in [2.05, 4.69) is 4.98 Å². The van der Waals surface area contributed by atoms with E-state index in [0.717, 1.165) is 5.76 Å². The van der Waals surface area contributed by atoms with E-state index in [4.69, 9.17) is 10.2 Å². The highest BCUT2D eigenvalue weighted by Gasteiger charge is 2.22. The molecule has 0 amide bonds. The van der Waals surface area contributed by atoms with Gasteiger partial charge in [0.25, 0.3) is 0 Å². The quantitative estimate of drug-likeness (QED) is 0.914. The molecule has 7 heteroatoms. The number of pyridine rings is 1. The Morgan fingerprint density at radius 2 is 2.05 bits per heavy atom. The van der Waals surface area contributed by atoms with Gasteiger partial charge in [0.05, 0.1) is 6.54 Å². The van der Waals surface area contributed by atoms with Crippen LogP contribution in [-0.4, -0.2) is 24.8 Å². The largest absolute Gasteiger partial charge is 0.465 e. The van der Waals surface area contributed by atoms with E-state index in [1.807, 2.05) is 6.92 Å². The van der Waals surface area contributed by atoms with Crippen molar-refractivity contribution < 1.29 is 12.8 Å². The lowest BCUT2D eigenvalue weighted by atomic mass is 10.4. The number of rotatable bonds is 4. The molecular weight excluding hydrogens is 266 g/mol. The maximum absolute atomic E-state index is 12.3. The number of hydrogen-bond acceptors (Lipinski definition) is 5. The summed E-state index contributed by atoms with van der Waals surface area (Å²) in [4.78, 5) is 3.89. The second-order valence-electron chi connectivity index (χ2n) is 4.19. The summed E-state index contributed by atoms with van der Waals surface area (Å²) < 4.78 is 31.1. The Morgan fingerprint density at radius 3 is 2.58 bits per heavy atom. The summed E-state index contributed by atoms with van der Waals surface area (Å²) in [6.07, 6.45) is 1.24. The summed E-state index contributed by atoms with van der Waals surface area (Å²) in [6, 6.07) is 6.43. The van der Waals surface area contributed by atoms with Gasteiger partial charge in [-0.3, -0.25) is 0 Å². The first kappa shape index (κ1) is 13.6. The van der Waals surface area contributed by atoms with Gasteiger partial charge in [-0.25, -0.2) is 13.4 Å². The summed E-state index contributed by atoms with van der Waals surface area (Å²) in [5, 5.41) is 0. The lowest BCUT2D eigenvalue weighted by molar-refractivity contribution is 0.397. The van der Waals surface area contributed by atoms with Crippen LogP contribution in [0.3, 0.4) is 0 Å². The molecule has 0 unspecified atom stereocenters. The van der Waals surface area contributed by atoms with Crippen molar-refractivity contribution in [2.45, 2.75) is 18.4 Å². The Labute approximate surface area is 111 Å². The molecule has 2 aromatic rings. The van der Waals surface area contributed by atoms with Crippen molar-refractivity contribution in [1.82, 2.24) is 9.29 Å². The highest BCUT2D eigenvalue weighted by molar-refractivity contribution is 7.89. The van der Waals surface area contributed by atoms with Crippen LogP contribution in [0.1, 0.15) is 11.5 Å². The molecule has 0 spiro atoms. The highest BCUT2D eigenvalue weighted by Crippen LogP contribution is 2.17. The van der Waals surface area contributed by atoms with Crippen molar-refractivity contribution in [1.29, 1.82) is 0 Å². The topological polar surface area (TPSA) is 89.4 Å². The van der Waals surface area contributed by atoms with E-state index in [1.165, 1.54) is 29.7 Å². The van der Waals surface area contributed by atoms with Crippen molar-refractivity contribution >= 4 is 15.8 Å². The molecule has 0 bridgehead atoms. The minimum absolute atomic E-state index is 0.104. The first-order chi connectivity index (χ1) is 8.89. The molecule has 0 atom stereocenters. The van der Waals surface area contributed by atoms with Crippen LogP contribution in [0.5, 0.6) is 0 Å². The van der Waals surface area contributed by atoms with Gasteiger partial charge in [-0.05, 0) is 31.2 Å². The monoisotopic (exact) mass is 281 g/mol. The molecule has 2 N–H and O–H groups in total. The van der Waals surface area contributed by atoms with Crippen molar-refractivity contribution in [3.63, 3.8) is 0 Å². The third kappa shape index (κ3) is 2.94. The van der Waals surface area contributed by atoms with Gasteiger partial charge in [0.2, 0.25) is 10.0 Å². The van der Waals surface area contributed by atoms with Crippen LogP contribution in [0, 0.1) is 6.92 Å². The van der Waals surface area contributed by atoms with Gasteiger partial charge in [0.1, 0.15) is 22.2 Å². The Hall–Kier alpha value is -1.86. The van der Waals surface area contributed by atoms with Crippen molar-refractivity contribution in [2.75, 3.05) is 12.8 Å². The Balaban J connectivity index is 2.21. The van der Waals surface area contributed by atoms with E-state index in [0.29, 0.717) is 5.76 Å². The maximum Gasteiger partial charge on any atom is 0.244 e.